The Morgan fingerprint density at radius 1 is 1.50 bits per heavy atom. The predicted molar refractivity (Wildman–Crippen MR) is 62.3 cm³/mol. The van der Waals surface area contributed by atoms with E-state index in [1.54, 1.807) is 0 Å². The van der Waals surface area contributed by atoms with Gasteiger partial charge in [-0.3, -0.25) is 4.90 Å². The molecule has 3 unspecified atom stereocenters. The molecule has 0 aliphatic heterocycles. The van der Waals surface area contributed by atoms with Crippen LogP contribution in [0, 0.1) is 5.41 Å². The zero-order valence-electron chi connectivity index (χ0n) is 10.4. The second-order valence-electron chi connectivity index (χ2n) is 5.54. The van der Waals surface area contributed by atoms with Crippen LogP contribution in [0.25, 0.3) is 0 Å². The first-order valence-corrected chi connectivity index (χ1v) is 5.87. The van der Waals surface area contributed by atoms with E-state index < -0.39 is 0 Å². The Kier molecular flexibility index (Phi) is 3.59. The quantitative estimate of drug-likeness (QED) is 0.753. The Labute approximate surface area is 88.8 Å². The fourth-order valence-corrected chi connectivity index (χ4v) is 2.46. The molecule has 1 saturated carbocycles. The van der Waals surface area contributed by atoms with Crippen LogP contribution < -0.4 is 5.73 Å². The highest BCUT2D eigenvalue weighted by molar-refractivity contribution is 4.99. The van der Waals surface area contributed by atoms with E-state index in [-0.39, 0.29) is 0 Å². The van der Waals surface area contributed by atoms with E-state index in [4.69, 9.17) is 5.73 Å². The van der Waals surface area contributed by atoms with Crippen molar-refractivity contribution < 1.29 is 0 Å². The molecule has 0 radical (unpaired) electrons. The molecule has 2 N–H and O–H groups in total. The lowest BCUT2D eigenvalue weighted by atomic mass is 9.87. The smallest absolute Gasteiger partial charge is 0.0252 e. The highest BCUT2D eigenvalue weighted by atomic mass is 15.2. The molecule has 0 aromatic heterocycles. The summed E-state index contributed by atoms with van der Waals surface area (Å²) in [5, 5.41) is 0. The van der Waals surface area contributed by atoms with Gasteiger partial charge in [0.05, 0.1) is 0 Å². The molecule has 0 amide bonds. The zero-order valence-corrected chi connectivity index (χ0v) is 10.4. The molecule has 2 nitrogen and oxygen atoms in total. The van der Waals surface area contributed by atoms with Gasteiger partial charge < -0.3 is 5.73 Å². The lowest BCUT2D eigenvalue weighted by Gasteiger charge is -2.35. The second kappa shape index (κ2) is 4.19. The number of likely N-dealkylation sites (N-methyl/N-ethyl adjacent to an activating group) is 1. The van der Waals surface area contributed by atoms with E-state index in [1.807, 2.05) is 0 Å². The Hall–Kier alpha value is -0.0800. The van der Waals surface area contributed by atoms with Crippen LogP contribution in [-0.4, -0.2) is 30.1 Å². The first-order chi connectivity index (χ1) is 6.40. The summed E-state index contributed by atoms with van der Waals surface area (Å²) in [4.78, 5) is 2.47. The first kappa shape index (κ1) is 12.0. The summed E-state index contributed by atoms with van der Waals surface area (Å²) in [5.41, 5.74) is 6.63. The summed E-state index contributed by atoms with van der Waals surface area (Å²) in [6.07, 6.45) is 3.73. The van der Waals surface area contributed by atoms with Gasteiger partial charge in [0.15, 0.2) is 0 Å². The third kappa shape index (κ3) is 2.12. The van der Waals surface area contributed by atoms with Crippen LogP contribution in [0.5, 0.6) is 0 Å². The van der Waals surface area contributed by atoms with Gasteiger partial charge in [-0.2, -0.15) is 0 Å². The van der Waals surface area contributed by atoms with Gasteiger partial charge in [-0.1, -0.05) is 20.8 Å². The minimum absolute atomic E-state index is 0.326. The standard InChI is InChI=1S/C12H26N2/c1-6-9(2)14(5)10-7-8-12(3,4)11(10)13/h9-11H,6-8,13H2,1-5H3. The molecule has 0 aromatic carbocycles. The number of hydrogen-bond donors (Lipinski definition) is 1. The average Bonchev–Trinajstić information content (AvgIpc) is 2.40. The van der Waals surface area contributed by atoms with Gasteiger partial charge in [0.25, 0.3) is 0 Å². The summed E-state index contributed by atoms with van der Waals surface area (Å²) in [7, 11) is 2.22. The van der Waals surface area contributed by atoms with Crippen molar-refractivity contribution in [2.24, 2.45) is 11.1 Å². The van der Waals surface area contributed by atoms with Crippen molar-refractivity contribution in [3.05, 3.63) is 0 Å². The van der Waals surface area contributed by atoms with Crippen LogP contribution in [0.3, 0.4) is 0 Å². The number of nitrogens with zero attached hydrogens (tertiary/aromatic N) is 1. The van der Waals surface area contributed by atoms with Crippen LogP contribution in [0.15, 0.2) is 0 Å². The first-order valence-electron chi connectivity index (χ1n) is 5.87. The average molecular weight is 198 g/mol. The van der Waals surface area contributed by atoms with Gasteiger partial charge in [0.1, 0.15) is 0 Å². The molecule has 1 fully saturated rings. The number of rotatable bonds is 3. The van der Waals surface area contributed by atoms with Crippen LogP contribution in [-0.2, 0) is 0 Å². The van der Waals surface area contributed by atoms with Gasteiger partial charge in [-0.15, -0.1) is 0 Å². The van der Waals surface area contributed by atoms with Crippen molar-refractivity contribution in [3.8, 4) is 0 Å². The molecule has 3 atom stereocenters. The lowest BCUT2D eigenvalue weighted by Crippen LogP contribution is -2.50. The predicted octanol–water partition coefficient (Wildman–Crippen LogP) is 2.23. The van der Waals surface area contributed by atoms with Gasteiger partial charge in [-0.25, -0.2) is 0 Å². The normalized spacial score (nSPS) is 33.6. The monoisotopic (exact) mass is 198 g/mol. The van der Waals surface area contributed by atoms with Crippen molar-refractivity contribution in [1.29, 1.82) is 0 Å². The molecular formula is C12H26N2. The van der Waals surface area contributed by atoms with Crippen LogP contribution >= 0.6 is 0 Å². The molecule has 1 rings (SSSR count). The topological polar surface area (TPSA) is 29.3 Å². The third-order valence-corrected chi connectivity index (χ3v) is 4.21. The van der Waals surface area contributed by atoms with Gasteiger partial charge in [0, 0.05) is 18.1 Å². The van der Waals surface area contributed by atoms with E-state index in [9.17, 15) is 0 Å². The lowest BCUT2D eigenvalue weighted by molar-refractivity contribution is 0.151. The Bertz CT molecular complexity index is 189. The number of hydrogen-bond acceptors (Lipinski definition) is 2. The summed E-state index contributed by atoms with van der Waals surface area (Å²) in [6.45, 7) is 9.12. The third-order valence-electron chi connectivity index (χ3n) is 4.21. The van der Waals surface area contributed by atoms with Crippen molar-refractivity contribution in [3.63, 3.8) is 0 Å². The van der Waals surface area contributed by atoms with Crippen molar-refractivity contribution in [1.82, 2.24) is 4.90 Å². The van der Waals surface area contributed by atoms with Crippen LogP contribution in [0.2, 0.25) is 0 Å². The summed E-state index contributed by atoms with van der Waals surface area (Å²) < 4.78 is 0. The Balaban J connectivity index is 2.63. The van der Waals surface area contributed by atoms with Crippen LogP contribution in [0.1, 0.15) is 47.0 Å². The van der Waals surface area contributed by atoms with E-state index in [0.717, 1.165) is 0 Å². The number of nitrogens with two attached hydrogens (primary N) is 1. The highest BCUT2D eigenvalue weighted by Crippen LogP contribution is 2.38. The van der Waals surface area contributed by atoms with Crippen LogP contribution in [0.4, 0.5) is 0 Å². The molecule has 0 aromatic rings. The summed E-state index contributed by atoms with van der Waals surface area (Å²) >= 11 is 0. The van der Waals surface area contributed by atoms with Gasteiger partial charge in [0.2, 0.25) is 0 Å². The molecule has 0 saturated heterocycles. The molecule has 14 heavy (non-hydrogen) atoms. The van der Waals surface area contributed by atoms with Crippen molar-refractivity contribution >= 4 is 0 Å². The molecule has 0 heterocycles. The maximum atomic E-state index is 6.31. The fraction of sp³-hybridized carbons (Fsp3) is 1.00. The highest BCUT2D eigenvalue weighted by Gasteiger charge is 2.41. The van der Waals surface area contributed by atoms with Crippen molar-refractivity contribution in [2.45, 2.75) is 65.1 Å². The van der Waals surface area contributed by atoms with Gasteiger partial charge in [-0.05, 0) is 38.6 Å². The van der Waals surface area contributed by atoms with E-state index >= 15 is 0 Å². The molecule has 2 heteroatoms. The SMILES string of the molecule is CCC(C)N(C)C1CCC(C)(C)C1N. The molecular weight excluding hydrogens is 172 g/mol. The minimum atomic E-state index is 0.326. The zero-order chi connectivity index (χ0) is 10.9. The second-order valence-corrected chi connectivity index (χ2v) is 5.54. The molecule has 0 bridgehead atoms. The molecule has 1 aliphatic rings. The summed E-state index contributed by atoms with van der Waals surface area (Å²) in [5.74, 6) is 0. The maximum absolute atomic E-state index is 6.31. The summed E-state index contributed by atoms with van der Waals surface area (Å²) in [6, 6.07) is 1.57. The fourth-order valence-electron chi connectivity index (χ4n) is 2.46. The van der Waals surface area contributed by atoms with E-state index in [1.165, 1.54) is 19.3 Å². The molecule has 0 spiro atoms. The van der Waals surface area contributed by atoms with E-state index in [2.05, 4.69) is 39.6 Å². The van der Waals surface area contributed by atoms with Crippen molar-refractivity contribution in [2.75, 3.05) is 7.05 Å². The molecule has 84 valence electrons. The Morgan fingerprint density at radius 2 is 2.07 bits per heavy atom. The minimum Gasteiger partial charge on any atom is -0.326 e. The largest absolute Gasteiger partial charge is 0.326 e. The van der Waals surface area contributed by atoms with E-state index in [0.29, 0.717) is 23.5 Å². The Morgan fingerprint density at radius 3 is 2.43 bits per heavy atom. The maximum Gasteiger partial charge on any atom is 0.0252 e. The molecule has 1 aliphatic carbocycles. The van der Waals surface area contributed by atoms with Gasteiger partial charge >= 0.3 is 0 Å².